The van der Waals surface area contributed by atoms with E-state index in [0.717, 1.165) is 32.4 Å². The van der Waals surface area contributed by atoms with Crippen molar-refractivity contribution in [3.63, 3.8) is 0 Å². The first-order chi connectivity index (χ1) is 9.32. The van der Waals surface area contributed by atoms with Gasteiger partial charge in [-0.25, -0.2) is 0 Å². The van der Waals surface area contributed by atoms with Gasteiger partial charge in [-0.1, -0.05) is 13.8 Å². The molecule has 0 aromatic heterocycles. The lowest BCUT2D eigenvalue weighted by Crippen LogP contribution is -2.50. The average Bonchev–Trinajstić information content (AvgIpc) is 2.38. The molecule has 1 saturated heterocycles. The summed E-state index contributed by atoms with van der Waals surface area (Å²) in [5.41, 5.74) is -0.136. The van der Waals surface area contributed by atoms with Crippen molar-refractivity contribution in [2.45, 2.75) is 70.6 Å². The second kappa shape index (κ2) is 7.74. The zero-order chi connectivity index (χ0) is 15.2. The number of hydrogen-bond acceptors (Lipinski definition) is 4. The Balaban J connectivity index is 2.35. The lowest BCUT2D eigenvalue weighted by molar-refractivity contribution is -0.0512. The number of rotatable bonds is 8. The molecule has 120 valence electrons. The fraction of sp³-hybridized carbons (Fsp3) is 1.00. The minimum atomic E-state index is -0.158. The van der Waals surface area contributed by atoms with Crippen LogP contribution in [0, 0.1) is 0 Å². The Bertz CT molecular complexity index is 286. The van der Waals surface area contributed by atoms with E-state index in [1.165, 1.54) is 13.0 Å². The van der Waals surface area contributed by atoms with Gasteiger partial charge in [-0.2, -0.15) is 0 Å². The van der Waals surface area contributed by atoms with Gasteiger partial charge in [-0.3, -0.25) is 0 Å². The molecule has 4 heteroatoms. The molecule has 2 unspecified atom stereocenters. The molecule has 1 heterocycles. The van der Waals surface area contributed by atoms with Crippen molar-refractivity contribution >= 4 is 0 Å². The Morgan fingerprint density at radius 3 is 2.70 bits per heavy atom. The molecule has 1 fully saturated rings. The van der Waals surface area contributed by atoms with Crippen LogP contribution < -0.4 is 5.32 Å². The molecular formula is C16H34N2O2. The number of nitrogens with zero attached hydrogens (tertiary/aromatic N) is 1. The topological polar surface area (TPSA) is 44.7 Å². The third kappa shape index (κ3) is 5.68. The average molecular weight is 286 g/mol. The molecule has 0 aliphatic carbocycles. The van der Waals surface area contributed by atoms with E-state index < -0.39 is 0 Å². The summed E-state index contributed by atoms with van der Waals surface area (Å²) in [5, 5.41) is 13.1. The second-order valence-corrected chi connectivity index (χ2v) is 7.16. The lowest BCUT2D eigenvalue weighted by Gasteiger charge is -2.40. The summed E-state index contributed by atoms with van der Waals surface area (Å²) in [7, 11) is 1.82. The van der Waals surface area contributed by atoms with Gasteiger partial charge in [-0.05, 0) is 52.6 Å². The summed E-state index contributed by atoms with van der Waals surface area (Å²) in [5.74, 6) is 0. The minimum Gasteiger partial charge on any atom is -0.394 e. The highest BCUT2D eigenvalue weighted by Crippen LogP contribution is 2.24. The smallest absolute Gasteiger partial charge is 0.0777 e. The highest BCUT2D eigenvalue weighted by atomic mass is 16.5. The quantitative estimate of drug-likeness (QED) is 0.716. The van der Waals surface area contributed by atoms with E-state index in [1.54, 1.807) is 0 Å². The van der Waals surface area contributed by atoms with Crippen LogP contribution in [-0.4, -0.2) is 60.5 Å². The molecule has 4 nitrogen and oxygen atoms in total. The molecule has 0 aromatic carbocycles. The maximum atomic E-state index is 9.60. The molecule has 0 saturated carbocycles. The van der Waals surface area contributed by atoms with Crippen LogP contribution in [0.4, 0.5) is 0 Å². The molecule has 0 radical (unpaired) electrons. The van der Waals surface area contributed by atoms with E-state index in [2.05, 4.69) is 37.9 Å². The van der Waals surface area contributed by atoms with Crippen LogP contribution in [0.15, 0.2) is 0 Å². The number of nitrogens with one attached hydrogen (secondary N) is 1. The van der Waals surface area contributed by atoms with Crippen LogP contribution in [0.1, 0.15) is 53.4 Å². The fourth-order valence-corrected chi connectivity index (χ4v) is 3.25. The summed E-state index contributed by atoms with van der Waals surface area (Å²) in [4.78, 5) is 2.50. The number of piperidine rings is 1. The molecular weight excluding hydrogens is 252 g/mol. The number of hydrogen-bond donors (Lipinski definition) is 2. The van der Waals surface area contributed by atoms with Crippen LogP contribution in [0.3, 0.4) is 0 Å². The number of ether oxygens (including phenoxy) is 1. The molecule has 0 amide bonds. The molecule has 1 aliphatic heterocycles. The van der Waals surface area contributed by atoms with Crippen LogP contribution in [0.5, 0.6) is 0 Å². The summed E-state index contributed by atoms with van der Waals surface area (Å²) in [6, 6.07) is 0.402. The highest BCUT2D eigenvalue weighted by molar-refractivity contribution is 4.87. The predicted molar refractivity (Wildman–Crippen MR) is 84.1 cm³/mol. The van der Waals surface area contributed by atoms with E-state index in [1.807, 2.05) is 7.11 Å². The van der Waals surface area contributed by atoms with Gasteiger partial charge in [0.2, 0.25) is 0 Å². The predicted octanol–water partition coefficient (Wildman–Crippen LogP) is 2.02. The van der Waals surface area contributed by atoms with E-state index in [0.29, 0.717) is 6.04 Å². The molecule has 0 aromatic rings. The SMILES string of the molecule is COC1(C)CCCN(CCCC(C)(CO)NC(C)C)C1. The Kier molecular flexibility index (Phi) is 6.92. The second-order valence-electron chi connectivity index (χ2n) is 7.16. The van der Waals surface area contributed by atoms with E-state index in [4.69, 9.17) is 4.74 Å². The number of methoxy groups -OCH3 is 1. The number of likely N-dealkylation sites (tertiary alicyclic amines) is 1. The van der Waals surface area contributed by atoms with Gasteiger partial charge in [0.25, 0.3) is 0 Å². The zero-order valence-electron chi connectivity index (χ0n) is 14.0. The lowest BCUT2D eigenvalue weighted by atomic mass is 9.93. The third-order valence-electron chi connectivity index (χ3n) is 4.42. The van der Waals surface area contributed by atoms with Gasteiger partial charge in [0.15, 0.2) is 0 Å². The van der Waals surface area contributed by atoms with Crippen LogP contribution in [0.25, 0.3) is 0 Å². The van der Waals surface area contributed by atoms with Crippen molar-refractivity contribution in [2.24, 2.45) is 0 Å². The van der Waals surface area contributed by atoms with Crippen LogP contribution in [-0.2, 0) is 4.74 Å². The van der Waals surface area contributed by atoms with Crippen molar-refractivity contribution in [2.75, 3.05) is 33.4 Å². The first-order valence-electron chi connectivity index (χ1n) is 7.98. The fourth-order valence-electron chi connectivity index (χ4n) is 3.25. The van der Waals surface area contributed by atoms with Gasteiger partial charge in [0, 0.05) is 25.2 Å². The van der Waals surface area contributed by atoms with Crippen molar-refractivity contribution in [1.82, 2.24) is 10.2 Å². The largest absolute Gasteiger partial charge is 0.394 e. The third-order valence-corrected chi connectivity index (χ3v) is 4.42. The monoisotopic (exact) mass is 286 g/mol. The van der Waals surface area contributed by atoms with Gasteiger partial charge >= 0.3 is 0 Å². The maximum Gasteiger partial charge on any atom is 0.0777 e. The van der Waals surface area contributed by atoms with Crippen molar-refractivity contribution in [3.8, 4) is 0 Å². The van der Waals surface area contributed by atoms with Gasteiger partial charge < -0.3 is 20.1 Å². The summed E-state index contributed by atoms with van der Waals surface area (Å²) in [6.07, 6.45) is 4.48. The van der Waals surface area contributed by atoms with Crippen molar-refractivity contribution in [1.29, 1.82) is 0 Å². The molecule has 2 N–H and O–H groups in total. The molecule has 1 aliphatic rings. The van der Waals surface area contributed by atoms with Crippen LogP contribution >= 0.6 is 0 Å². The molecule has 1 rings (SSSR count). The van der Waals surface area contributed by atoms with E-state index >= 15 is 0 Å². The van der Waals surface area contributed by atoms with Crippen molar-refractivity contribution in [3.05, 3.63) is 0 Å². The maximum absolute atomic E-state index is 9.60. The van der Waals surface area contributed by atoms with Gasteiger partial charge in [0.1, 0.15) is 0 Å². The van der Waals surface area contributed by atoms with Gasteiger partial charge in [0.05, 0.1) is 12.2 Å². The summed E-state index contributed by atoms with van der Waals surface area (Å²) in [6.45, 7) is 12.1. The zero-order valence-corrected chi connectivity index (χ0v) is 14.0. The first kappa shape index (κ1) is 17.9. The molecule has 0 bridgehead atoms. The normalized spacial score (nSPS) is 27.8. The number of aliphatic hydroxyl groups is 1. The van der Waals surface area contributed by atoms with E-state index in [-0.39, 0.29) is 17.7 Å². The Morgan fingerprint density at radius 2 is 2.15 bits per heavy atom. The van der Waals surface area contributed by atoms with Crippen molar-refractivity contribution < 1.29 is 9.84 Å². The molecule has 20 heavy (non-hydrogen) atoms. The summed E-state index contributed by atoms with van der Waals surface area (Å²) >= 11 is 0. The van der Waals surface area contributed by atoms with Crippen LogP contribution in [0.2, 0.25) is 0 Å². The Morgan fingerprint density at radius 1 is 1.45 bits per heavy atom. The Labute approximate surface area is 124 Å². The highest BCUT2D eigenvalue weighted by Gasteiger charge is 2.31. The first-order valence-corrected chi connectivity index (χ1v) is 7.98. The Hall–Kier alpha value is -0.160. The van der Waals surface area contributed by atoms with Gasteiger partial charge in [-0.15, -0.1) is 0 Å². The molecule has 2 atom stereocenters. The summed E-state index contributed by atoms with van der Waals surface area (Å²) < 4.78 is 5.64. The van der Waals surface area contributed by atoms with E-state index in [9.17, 15) is 5.11 Å². The number of aliphatic hydroxyl groups excluding tert-OH is 1. The standard InChI is InChI=1S/C16H34N2O2/c1-14(2)17-15(3,13-19)8-6-10-18-11-7-9-16(4,12-18)20-5/h14,17,19H,6-13H2,1-5H3. The molecule has 0 spiro atoms. The minimum absolute atomic E-state index is 0.0225.